The molecular formula is C27H35F3N6O4. The summed E-state index contributed by atoms with van der Waals surface area (Å²) in [5.41, 5.74) is 5.46. The molecule has 0 bridgehead atoms. The van der Waals surface area contributed by atoms with Gasteiger partial charge in [-0.05, 0) is 43.4 Å². The van der Waals surface area contributed by atoms with Crippen LogP contribution in [0.4, 0.5) is 18.0 Å². The highest BCUT2D eigenvalue weighted by atomic mass is 19.4. The van der Waals surface area contributed by atoms with Crippen LogP contribution in [0, 0.1) is 5.92 Å². The average Bonchev–Trinajstić information content (AvgIpc) is 3.64. The Hall–Kier alpha value is -3.35. The van der Waals surface area contributed by atoms with E-state index in [1.807, 2.05) is 0 Å². The SMILES string of the molecule is NC(=NC(=O)N1CCOCC1)N1CCC[C@H]1c1nc(-c2ccc(OCCC3CCCCC3)c(C(F)(F)F)c2)no1. The number of benzene rings is 1. The van der Waals surface area contributed by atoms with Crippen LogP contribution in [0.15, 0.2) is 27.7 Å². The number of nitrogens with two attached hydrogens (primary N) is 1. The van der Waals surface area contributed by atoms with Crippen molar-refractivity contribution in [2.24, 2.45) is 16.6 Å². The van der Waals surface area contributed by atoms with E-state index in [2.05, 4.69) is 15.1 Å². The Kier molecular flexibility index (Phi) is 8.77. The van der Waals surface area contributed by atoms with Crippen LogP contribution >= 0.6 is 0 Å². The molecule has 218 valence electrons. The highest BCUT2D eigenvalue weighted by molar-refractivity contribution is 5.91. The number of ether oxygens (including phenoxy) is 2. The predicted octanol–water partition coefficient (Wildman–Crippen LogP) is 5.01. The largest absolute Gasteiger partial charge is 0.493 e. The van der Waals surface area contributed by atoms with Crippen LogP contribution in [0.2, 0.25) is 0 Å². The molecule has 5 rings (SSSR count). The molecule has 0 radical (unpaired) electrons. The van der Waals surface area contributed by atoms with Crippen molar-refractivity contribution in [2.75, 3.05) is 39.5 Å². The number of rotatable bonds is 6. The Morgan fingerprint density at radius 3 is 2.62 bits per heavy atom. The molecule has 2 amide bonds. The second kappa shape index (κ2) is 12.4. The van der Waals surface area contributed by atoms with Crippen LogP contribution < -0.4 is 10.5 Å². The minimum Gasteiger partial charge on any atom is -0.493 e. The molecule has 1 aromatic heterocycles. The third kappa shape index (κ3) is 6.68. The van der Waals surface area contributed by atoms with Crippen molar-refractivity contribution in [1.29, 1.82) is 0 Å². The third-order valence-electron chi connectivity index (χ3n) is 7.82. The molecule has 2 aromatic rings. The first-order chi connectivity index (χ1) is 19.3. The Balaban J connectivity index is 1.28. The van der Waals surface area contributed by atoms with Crippen LogP contribution in [0.1, 0.15) is 68.9 Å². The number of carbonyl (C=O) groups is 1. The second-order valence-electron chi connectivity index (χ2n) is 10.5. The van der Waals surface area contributed by atoms with E-state index in [4.69, 9.17) is 19.7 Å². The van der Waals surface area contributed by atoms with E-state index in [1.54, 1.807) is 9.80 Å². The quantitative estimate of drug-likeness (QED) is 0.384. The predicted molar refractivity (Wildman–Crippen MR) is 140 cm³/mol. The van der Waals surface area contributed by atoms with Crippen LogP contribution in [0.25, 0.3) is 11.4 Å². The van der Waals surface area contributed by atoms with Crippen molar-refractivity contribution in [3.05, 3.63) is 29.7 Å². The molecule has 0 spiro atoms. The maximum Gasteiger partial charge on any atom is 0.419 e. The molecule has 3 aliphatic rings. The molecule has 2 saturated heterocycles. The molecule has 10 nitrogen and oxygen atoms in total. The topological polar surface area (TPSA) is 119 Å². The van der Waals surface area contributed by atoms with Crippen molar-refractivity contribution in [3.63, 3.8) is 0 Å². The minimum atomic E-state index is -4.61. The summed E-state index contributed by atoms with van der Waals surface area (Å²) in [7, 11) is 0. The lowest BCUT2D eigenvalue weighted by Crippen LogP contribution is -2.42. The molecule has 40 heavy (non-hydrogen) atoms. The van der Waals surface area contributed by atoms with Gasteiger partial charge in [-0.1, -0.05) is 37.3 Å². The fourth-order valence-corrected chi connectivity index (χ4v) is 5.60. The molecule has 1 aromatic carbocycles. The van der Waals surface area contributed by atoms with Gasteiger partial charge in [0.25, 0.3) is 0 Å². The number of aromatic nitrogens is 2. The monoisotopic (exact) mass is 564 g/mol. The molecule has 2 N–H and O–H groups in total. The van der Waals surface area contributed by atoms with Gasteiger partial charge in [-0.25, -0.2) is 4.79 Å². The maximum absolute atomic E-state index is 13.9. The number of amides is 2. The number of nitrogens with zero attached hydrogens (tertiary/aromatic N) is 5. The second-order valence-corrected chi connectivity index (χ2v) is 10.5. The van der Waals surface area contributed by atoms with Gasteiger partial charge in [0, 0.05) is 25.2 Å². The standard InChI is InChI=1S/C27H35F3N6O4/c28-27(29,30)20-17-19(8-9-22(20)39-14-10-18-5-2-1-3-6-18)23-32-24(40-34-23)21-7-4-11-36(21)25(31)33-26(37)35-12-15-38-16-13-35/h8-9,17-18,21H,1-7,10-16H2,(H2,31,33,37)/t21-/m0/s1. The zero-order valence-corrected chi connectivity index (χ0v) is 22.4. The van der Waals surface area contributed by atoms with E-state index >= 15 is 0 Å². The van der Waals surface area contributed by atoms with Gasteiger partial charge in [0.1, 0.15) is 11.8 Å². The van der Waals surface area contributed by atoms with Gasteiger partial charge in [-0.15, -0.1) is 0 Å². The van der Waals surface area contributed by atoms with E-state index in [0.29, 0.717) is 45.2 Å². The summed E-state index contributed by atoms with van der Waals surface area (Å²) in [5.74, 6) is 0.568. The summed E-state index contributed by atoms with van der Waals surface area (Å²) in [5, 5.41) is 3.94. The number of hydrogen-bond acceptors (Lipinski definition) is 6. The van der Waals surface area contributed by atoms with Gasteiger partial charge in [0.15, 0.2) is 0 Å². The number of aliphatic imine (C=N–C) groups is 1. The number of urea groups is 1. The van der Waals surface area contributed by atoms with Gasteiger partial charge in [-0.2, -0.15) is 23.1 Å². The van der Waals surface area contributed by atoms with Gasteiger partial charge in [0.05, 0.1) is 25.4 Å². The van der Waals surface area contributed by atoms with E-state index in [1.165, 1.54) is 31.4 Å². The minimum absolute atomic E-state index is 0.0287. The lowest BCUT2D eigenvalue weighted by molar-refractivity contribution is -0.138. The van der Waals surface area contributed by atoms with E-state index in [0.717, 1.165) is 31.7 Å². The Morgan fingerprint density at radius 1 is 1.10 bits per heavy atom. The molecule has 1 saturated carbocycles. The first-order valence-corrected chi connectivity index (χ1v) is 13.9. The normalized spacial score (nSPS) is 21.2. The first kappa shape index (κ1) is 28.2. The van der Waals surface area contributed by atoms with Crippen molar-refractivity contribution in [2.45, 2.75) is 63.6 Å². The van der Waals surface area contributed by atoms with Crippen LogP contribution in [0.3, 0.4) is 0 Å². The summed E-state index contributed by atoms with van der Waals surface area (Å²) >= 11 is 0. The number of guanidine groups is 1. The van der Waals surface area contributed by atoms with Crippen LogP contribution in [0.5, 0.6) is 5.75 Å². The molecule has 13 heteroatoms. The van der Waals surface area contributed by atoms with Crippen molar-refractivity contribution in [3.8, 4) is 17.1 Å². The highest BCUT2D eigenvalue weighted by Crippen LogP contribution is 2.39. The summed E-state index contributed by atoms with van der Waals surface area (Å²) in [6, 6.07) is 2.93. The zero-order chi connectivity index (χ0) is 28.1. The average molecular weight is 565 g/mol. The smallest absolute Gasteiger partial charge is 0.419 e. The number of hydrogen-bond donors (Lipinski definition) is 1. The lowest BCUT2D eigenvalue weighted by atomic mass is 9.87. The van der Waals surface area contributed by atoms with E-state index < -0.39 is 23.8 Å². The molecule has 0 unspecified atom stereocenters. The fraction of sp³-hybridized carbons (Fsp3) is 0.630. The number of likely N-dealkylation sites (tertiary alicyclic amines) is 1. The molecule has 3 heterocycles. The summed E-state index contributed by atoms with van der Waals surface area (Å²) < 4.78 is 58.1. The van der Waals surface area contributed by atoms with Crippen molar-refractivity contribution >= 4 is 12.0 Å². The lowest BCUT2D eigenvalue weighted by Gasteiger charge is -2.26. The Bertz CT molecular complexity index is 1190. The zero-order valence-electron chi connectivity index (χ0n) is 22.4. The van der Waals surface area contributed by atoms with E-state index in [-0.39, 0.29) is 35.6 Å². The molecule has 1 aliphatic carbocycles. The van der Waals surface area contributed by atoms with Crippen LogP contribution in [-0.2, 0) is 10.9 Å². The van der Waals surface area contributed by atoms with Crippen molar-refractivity contribution in [1.82, 2.24) is 19.9 Å². The van der Waals surface area contributed by atoms with Gasteiger partial charge in [-0.3, -0.25) is 0 Å². The summed E-state index contributed by atoms with van der Waals surface area (Å²) in [6.07, 6.45) is 3.28. The number of morpholine rings is 1. The highest BCUT2D eigenvalue weighted by Gasteiger charge is 2.36. The molecule has 3 fully saturated rings. The van der Waals surface area contributed by atoms with Gasteiger partial charge < -0.3 is 29.5 Å². The Morgan fingerprint density at radius 2 is 1.88 bits per heavy atom. The molecule has 1 atom stereocenters. The summed E-state index contributed by atoms with van der Waals surface area (Å²) in [4.78, 5) is 24.2. The summed E-state index contributed by atoms with van der Waals surface area (Å²) in [6.45, 7) is 2.55. The molecular weight excluding hydrogens is 529 g/mol. The third-order valence-corrected chi connectivity index (χ3v) is 7.82. The fourth-order valence-electron chi connectivity index (χ4n) is 5.60. The number of carbonyl (C=O) groups excluding carboxylic acids is 1. The maximum atomic E-state index is 13.9. The van der Waals surface area contributed by atoms with Gasteiger partial charge in [0.2, 0.25) is 17.7 Å². The molecule has 2 aliphatic heterocycles. The van der Waals surface area contributed by atoms with E-state index in [9.17, 15) is 18.0 Å². The Labute approximate surface area is 230 Å². The van der Waals surface area contributed by atoms with Crippen LogP contribution in [-0.4, -0.2) is 71.4 Å². The number of alkyl halides is 3. The van der Waals surface area contributed by atoms with Gasteiger partial charge >= 0.3 is 12.2 Å². The van der Waals surface area contributed by atoms with Crippen molar-refractivity contribution < 1.29 is 32.0 Å². The number of halogens is 3. The first-order valence-electron chi connectivity index (χ1n) is 13.9.